The maximum atomic E-state index is 15.6. The average molecular weight is 602 g/mol. The summed E-state index contributed by atoms with van der Waals surface area (Å²) in [7, 11) is 1.65. The van der Waals surface area contributed by atoms with E-state index in [2.05, 4.69) is 4.98 Å². The summed E-state index contributed by atoms with van der Waals surface area (Å²) >= 11 is 0. The van der Waals surface area contributed by atoms with Crippen molar-refractivity contribution in [2.45, 2.75) is 38.8 Å². The van der Waals surface area contributed by atoms with Crippen molar-refractivity contribution < 1.29 is 32.5 Å². The number of aromatic carboxylic acids is 1. The van der Waals surface area contributed by atoms with E-state index < -0.39 is 23.4 Å². The Morgan fingerprint density at radius 2 is 1.75 bits per heavy atom. The summed E-state index contributed by atoms with van der Waals surface area (Å²) in [5, 5.41) is 9.54. The Bertz CT molecular complexity index is 1870. The highest BCUT2D eigenvalue weighted by Crippen LogP contribution is 2.41. The van der Waals surface area contributed by atoms with Gasteiger partial charge in [0, 0.05) is 43.4 Å². The molecule has 0 radical (unpaired) electrons. The van der Waals surface area contributed by atoms with Gasteiger partial charge in [-0.2, -0.15) is 0 Å². The molecule has 10 heteroatoms. The van der Waals surface area contributed by atoms with Gasteiger partial charge in [0.05, 0.1) is 22.3 Å². The standard InChI is InChI=1S/C34H30F3N3O4/c1-19-6-7-22(26(35)10-19)18-44-33-5-3-4-29(39-33)25-16-27(36)23(13-28(25)37)15-32-38-30-9-8-21(34(41)42)14-31(30)40(32)24-11-20(12-24)17-43-2/h3-10,13-14,16,20,24H,11-12,15,17-18H2,1-2H3,(H,41,42)/t20-,24-. The first-order valence-electron chi connectivity index (χ1n) is 14.3. The van der Waals surface area contributed by atoms with E-state index >= 15 is 8.78 Å². The third-order valence-electron chi connectivity index (χ3n) is 8.06. The third-order valence-corrected chi connectivity index (χ3v) is 8.06. The number of halogens is 3. The van der Waals surface area contributed by atoms with Crippen molar-refractivity contribution in [1.82, 2.24) is 14.5 Å². The summed E-state index contributed by atoms with van der Waals surface area (Å²) in [6.45, 7) is 2.33. The molecular weight excluding hydrogens is 571 g/mol. The first-order valence-corrected chi connectivity index (χ1v) is 14.3. The Morgan fingerprint density at radius 1 is 0.955 bits per heavy atom. The summed E-state index contributed by atoms with van der Waals surface area (Å²) in [4.78, 5) is 20.7. The number of hydrogen-bond acceptors (Lipinski definition) is 5. The Hall–Kier alpha value is -4.70. The van der Waals surface area contributed by atoms with E-state index in [0.29, 0.717) is 34.9 Å². The van der Waals surface area contributed by atoms with Crippen LogP contribution in [0, 0.1) is 30.3 Å². The molecule has 1 saturated carbocycles. The first kappa shape index (κ1) is 29.4. The lowest BCUT2D eigenvalue weighted by atomic mass is 9.80. The molecule has 3 aromatic carbocycles. The molecule has 1 N–H and O–H groups in total. The van der Waals surface area contributed by atoms with Crippen LogP contribution in [0.3, 0.4) is 0 Å². The summed E-state index contributed by atoms with van der Waals surface area (Å²) in [6.07, 6.45) is 1.62. The summed E-state index contributed by atoms with van der Waals surface area (Å²) < 4.78 is 58.2. The van der Waals surface area contributed by atoms with E-state index in [1.807, 2.05) is 4.57 Å². The number of carboxylic acid groups (broad SMARTS) is 1. The molecule has 0 bridgehead atoms. The van der Waals surface area contributed by atoms with Crippen LogP contribution < -0.4 is 4.74 Å². The average Bonchev–Trinajstić information content (AvgIpc) is 3.32. The highest BCUT2D eigenvalue weighted by molar-refractivity contribution is 5.92. The van der Waals surface area contributed by atoms with Crippen LogP contribution in [-0.4, -0.2) is 39.3 Å². The van der Waals surface area contributed by atoms with E-state index in [1.165, 1.54) is 12.1 Å². The number of carbonyl (C=O) groups is 1. The van der Waals surface area contributed by atoms with Gasteiger partial charge in [-0.1, -0.05) is 18.2 Å². The van der Waals surface area contributed by atoms with Crippen molar-refractivity contribution >= 4 is 17.0 Å². The minimum atomic E-state index is -1.05. The van der Waals surface area contributed by atoms with E-state index in [1.54, 1.807) is 56.5 Å². The predicted octanol–water partition coefficient (Wildman–Crippen LogP) is 7.29. The minimum Gasteiger partial charge on any atom is -0.478 e. The molecule has 44 heavy (non-hydrogen) atoms. The van der Waals surface area contributed by atoms with Gasteiger partial charge in [0.1, 0.15) is 29.9 Å². The van der Waals surface area contributed by atoms with Gasteiger partial charge >= 0.3 is 5.97 Å². The second kappa shape index (κ2) is 12.1. The van der Waals surface area contributed by atoms with Crippen molar-refractivity contribution in [2.24, 2.45) is 5.92 Å². The largest absolute Gasteiger partial charge is 0.478 e. The van der Waals surface area contributed by atoms with Gasteiger partial charge in [0.15, 0.2) is 0 Å². The smallest absolute Gasteiger partial charge is 0.335 e. The Morgan fingerprint density at radius 3 is 2.50 bits per heavy atom. The number of imidazole rings is 1. The number of aryl methyl sites for hydroxylation is 1. The number of ether oxygens (including phenoxy) is 2. The number of rotatable bonds is 10. The normalized spacial score (nSPS) is 16.2. The fourth-order valence-electron chi connectivity index (χ4n) is 5.75. The Kier molecular flexibility index (Phi) is 8.09. The number of hydrogen-bond donors (Lipinski definition) is 1. The van der Waals surface area contributed by atoms with Gasteiger partial charge in [0.2, 0.25) is 5.88 Å². The molecule has 1 fully saturated rings. The summed E-state index contributed by atoms with van der Waals surface area (Å²) in [6, 6.07) is 16.5. The van der Waals surface area contributed by atoms with E-state index in [0.717, 1.165) is 30.5 Å². The number of benzene rings is 3. The number of methoxy groups -OCH3 is 1. The minimum absolute atomic E-state index is 0.00422. The van der Waals surface area contributed by atoms with Crippen LogP contribution in [0.25, 0.3) is 22.3 Å². The number of fused-ring (bicyclic) bond motifs is 1. The lowest BCUT2D eigenvalue weighted by Gasteiger charge is -2.37. The number of aromatic nitrogens is 3. The van der Waals surface area contributed by atoms with Crippen LogP contribution in [0.15, 0.2) is 66.7 Å². The fourth-order valence-corrected chi connectivity index (χ4v) is 5.75. The van der Waals surface area contributed by atoms with E-state index in [-0.39, 0.29) is 47.3 Å². The van der Waals surface area contributed by atoms with E-state index in [4.69, 9.17) is 14.5 Å². The molecule has 5 aromatic rings. The molecule has 226 valence electrons. The second-order valence-electron chi connectivity index (χ2n) is 11.2. The number of pyridine rings is 1. The van der Waals surface area contributed by atoms with Crippen LogP contribution in [0.1, 0.15) is 51.8 Å². The lowest BCUT2D eigenvalue weighted by molar-refractivity contribution is 0.0696. The molecule has 0 unspecified atom stereocenters. The van der Waals surface area contributed by atoms with Crippen LogP contribution in [0.5, 0.6) is 5.88 Å². The molecule has 0 atom stereocenters. The molecule has 7 nitrogen and oxygen atoms in total. The molecule has 6 rings (SSSR count). The Balaban J connectivity index is 1.27. The molecule has 0 spiro atoms. The SMILES string of the molecule is COC[C@H]1C[C@H](n2c(Cc3cc(F)c(-c4cccc(OCc5ccc(C)cc5F)n4)cc3F)nc3ccc(C(=O)O)cc32)C1. The molecule has 1 aliphatic rings. The van der Waals surface area contributed by atoms with Crippen molar-refractivity contribution in [3.8, 4) is 17.1 Å². The van der Waals surface area contributed by atoms with E-state index in [9.17, 15) is 14.3 Å². The fraction of sp³-hybridized carbons (Fsp3) is 0.265. The van der Waals surface area contributed by atoms with Crippen LogP contribution in [0.2, 0.25) is 0 Å². The zero-order valence-corrected chi connectivity index (χ0v) is 24.2. The maximum Gasteiger partial charge on any atom is 0.335 e. The molecule has 0 saturated heterocycles. The third kappa shape index (κ3) is 5.90. The summed E-state index contributed by atoms with van der Waals surface area (Å²) in [5.74, 6) is -1.73. The molecule has 0 aliphatic heterocycles. The lowest BCUT2D eigenvalue weighted by Crippen LogP contribution is -2.30. The monoisotopic (exact) mass is 601 g/mol. The van der Waals surface area contributed by atoms with Crippen molar-refractivity contribution in [3.05, 3.63) is 112 Å². The van der Waals surface area contributed by atoms with Gasteiger partial charge in [-0.25, -0.2) is 27.9 Å². The van der Waals surface area contributed by atoms with Gasteiger partial charge in [0.25, 0.3) is 0 Å². The zero-order valence-electron chi connectivity index (χ0n) is 24.2. The van der Waals surface area contributed by atoms with Gasteiger partial charge in [-0.3, -0.25) is 0 Å². The highest BCUT2D eigenvalue weighted by atomic mass is 19.1. The number of carboxylic acids is 1. The molecule has 2 heterocycles. The molecule has 1 aliphatic carbocycles. The highest BCUT2D eigenvalue weighted by Gasteiger charge is 2.33. The van der Waals surface area contributed by atoms with Gasteiger partial charge < -0.3 is 19.1 Å². The predicted molar refractivity (Wildman–Crippen MR) is 158 cm³/mol. The van der Waals surface area contributed by atoms with Gasteiger partial charge in [-0.15, -0.1) is 0 Å². The molecular formula is C34H30F3N3O4. The Labute approximate surface area is 251 Å². The molecule has 0 amide bonds. The van der Waals surface area contributed by atoms with Crippen molar-refractivity contribution in [2.75, 3.05) is 13.7 Å². The molecule has 2 aromatic heterocycles. The maximum absolute atomic E-state index is 15.6. The summed E-state index contributed by atoms with van der Waals surface area (Å²) in [5.41, 5.74) is 2.73. The van der Waals surface area contributed by atoms with Crippen molar-refractivity contribution in [1.29, 1.82) is 0 Å². The second-order valence-corrected chi connectivity index (χ2v) is 11.2. The zero-order chi connectivity index (χ0) is 31.0. The van der Waals surface area contributed by atoms with Crippen LogP contribution >= 0.6 is 0 Å². The quantitative estimate of drug-likeness (QED) is 0.181. The number of nitrogens with zero attached hydrogens (tertiary/aromatic N) is 3. The van der Waals surface area contributed by atoms with Crippen LogP contribution in [-0.2, 0) is 17.8 Å². The topological polar surface area (TPSA) is 86.5 Å². The first-order chi connectivity index (χ1) is 21.2. The van der Waals surface area contributed by atoms with Gasteiger partial charge in [-0.05, 0) is 79.3 Å². The van der Waals surface area contributed by atoms with Crippen molar-refractivity contribution in [3.63, 3.8) is 0 Å². The van der Waals surface area contributed by atoms with Crippen LogP contribution in [0.4, 0.5) is 13.2 Å².